The van der Waals surface area contributed by atoms with Crippen LogP contribution in [0.4, 0.5) is 0 Å². The van der Waals surface area contributed by atoms with Gasteiger partial charge < -0.3 is 9.53 Å². The molecule has 0 N–H and O–H groups in total. The lowest BCUT2D eigenvalue weighted by molar-refractivity contribution is -0.124. The number of hydrogen-bond acceptors (Lipinski definition) is 3. The molecule has 2 atom stereocenters. The van der Waals surface area contributed by atoms with Gasteiger partial charge in [0.15, 0.2) is 0 Å². The first-order valence-corrected chi connectivity index (χ1v) is 8.13. The van der Waals surface area contributed by atoms with Gasteiger partial charge in [0.25, 0.3) is 0 Å². The van der Waals surface area contributed by atoms with E-state index in [0.717, 1.165) is 44.3 Å². The van der Waals surface area contributed by atoms with Crippen molar-refractivity contribution in [3.8, 4) is 0 Å². The van der Waals surface area contributed by atoms with E-state index < -0.39 is 0 Å². The van der Waals surface area contributed by atoms with Gasteiger partial charge in [-0.2, -0.15) is 0 Å². The van der Waals surface area contributed by atoms with Crippen molar-refractivity contribution >= 4 is 11.6 Å². The number of Topliss-reactive ketones (excluding diaryl/α,β-unsaturated/α-hetero) is 2. The summed E-state index contributed by atoms with van der Waals surface area (Å²) in [7, 11) is 0. The first-order chi connectivity index (χ1) is 10.0. The molecular weight excluding hydrogens is 264 g/mol. The highest BCUT2D eigenvalue weighted by Gasteiger charge is 2.46. The Morgan fingerprint density at radius 2 is 2.24 bits per heavy atom. The van der Waals surface area contributed by atoms with E-state index in [9.17, 15) is 9.59 Å². The third kappa shape index (κ3) is 2.58. The number of rotatable bonds is 4. The van der Waals surface area contributed by atoms with Gasteiger partial charge in [-0.1, -0.05) is 6.08 Å². The van der Waals surface area contributed by atoms with Gasteiger partial charge in [0.1, 0.15) is 11.6 Å². The summed E-state index contributed by atoms with van der Waals surface area (Å²) in [5.74, 6) is 1.74. The highest BCUT2D eigenvalue weighted by atomic mass is 16.5. The molecule has 3 nitrogen and oxygen atoms in total. The molecule has 114 valence electrons. The summed E-state index contributed by atoms with van der Waals surface area (Å²) in [5, 5.41) is 0. The second-order valence-electron chi connectivity index (χ2n) is 6.85. The summed E-state index contributed by atoms with van der Waals surface area (Å²) in [5.41, 5.74) is 2.30. The third-order valence-electron chi connectivity index (χ3n) is 5.30. The van der Waals surface area contributed by atoms with E-state index in [0.29, 0.717) is 18.6 Å². The molecule has 1 aliphatic heterocycles. The molecule has 0 fully saturated rings. The first kappa shape index (κ1) is 14.6. The van der Waals surface area contributed by atoms with E-state index in [1.165, 1.54) is 11.1 Å². The lowest BCUT2D eigenvalue weighted by Gasteiger charge is -2.39. The van der Waals surface area contributed by atoms with Crippen LogP contribution in [0.1, 0.15) is 65.2 Å². The molecular formula is C18H24O3. The Morgan fingerprint density at radius 1 is 1.43 bits per heavy atom. The summed E-state index contributed by atoms with van der Waals surface area (Å²) in [6, 6.07) is 0. The maximum Gasteiger partial charge on any atom is 0.146 e. The highest BCUT2D eigenvalue weighted by molar-refractivity contribution is 5.93. The number of ether oxygens (including phenoxy) is 1. The zero-order chi connectivity index (χ0) is 15.0. The van der Waals surface area contributed by atoms with Crippen molar-refractivity contribution in [2.75, 3.05) is 0 Å². The third-order valence-corrected chi connectivity index (χ3v) is 5.30. The van der Waals surface area contributed by atoms with Crippen LogP contribution in [0.5, 0.6) is 0 Å². The Morgan fingerprint density at radius 3 is 3.00 bits per heavy atom. The van der Waals surface area contributed by atoms with Crippen molar-refractivity contribution in [3.05, 3.63) is 23.0 Å². The number of fused-ring (bicyclic) bond motifs is 2. The van der Waals surface area contributed by atoms with Crippen LogP contribution in [0.25, 0.3) is 0 Å². The van der Waals surface area contributed by atoms with Gasteiger partial charge in [-0.15, -0.1) is 0 Å². The molecule has 0 saturated carbocycles. The zero-order valence-electron chi connectivity index (χ0n) is 13.0. The molecule has 0 bridgehead atoms. The predicted octanol–water partition coefficient (Wildman–Crippen LogP) is 3.88. The van der Waals surface area contributed by atoms with Crippen molar-refractivity contribution in [1.29, 1.82) is 0 Å². The van der Waals surface area contributed by atoms with Crippen LogP contribution in [0.2, 0.25) is 0 Å². The monoisotopic (exact) mass is 288 g/mol. The summed E-state index contributed by atoms with van der Waals surface area (Å²) in [6.07, 6.45) is 9.31. The van der Waals surface area contributed by atoms with E-state index >= 15 is 0 Å². The van der Waals surface area contributed by atoms with Crippen LogP contribution >= 0.6 is 0 Å². The molecule has 0 radical (unpaired) electrons. The molecule has 0 aromatic rings. The van der Waals surface area contributed by atoms with Crippen molar-refractivity contribution in [3.63, 3.8) is 0 Å². The summed E-state index contributed by atoms with van der Waals surface area (Å²) >= 11 is 0. The first-order valence-electron chi connectivity index (χ1n) is 8.13. The van der Waals surface area contributed by atoms with Gasteiger partial charge in [0.2, 0.25) is 0 Å². The number of allylic oxidation sites excluding steroid dienone is 4. The van der Waals surface area contributed by atoms with Crippen LogP contribution in [-0.2, 0) is 14.3 Å². The lowest BCUT2D eigenvalue weighted by Crippen LogP contribution is -2.33. The number of ketones is 2. The second-order valence-corrected chi connectivity index (χ2v) is 6.85. The smallest absolute Gasteiger partial charge is 0.146 e. The van der Waals surface area contributed by atoms with Gasteiger partial charge >= 0.3 is 0 Å². The fraction of sp³-hybridized carbons (Fsp3) is 0.667. The van der Waals surface area contributed by atoms with E-state index in [4.69, 9.17) is 4.74 Å². The average Bonchev–Trinajstić information content (AvgIpc) is 2.75. The molecule has 0 amide bonds. The molecule has 0 aromatic heterocycles. The van der Waals surface area contributed by atoms with Crippen molar-refractivity contribution in [1.82, 2.24) is 0 Å². The molecule has 3 rings (SSSR count). The molecule has 21 heavy (non-hydrogen) atoms. The molecule has 2 aliphatic carbocycles. The molecule has 1 heterocycles. The van der Waals surface area contributed by atoms with Gasteiger partial charge in [-0.3, -0.25) is 4.79 Å². The Bertz CT molecular complexity index is 541. The van der Waals surface area contributed by atoms with Crippen molar-refractivity contribution < 1.29 is 14.3 Å². The van der Waals surface area contributed by atoms with Gasteiger partial charge in [-0.25, -0.2) is 0 Å². The second kappa shape index (κ2) is 5.43. The van der Waals surface area contributed by atoms with Crippen LogP contribution in [-0.4, -0.2) is 17.7 Å². The fourth-order valence-corrected chi connectivity index (χ4v) is 3.94. The van der Waals surface area contributed by atoms with Crippen LogP contribution in [0.3, 0.4) is 0 Å². The van der Waals surface area contributed by atoms with E-state index in [-0.39, 0.29) is 17.3 Å². The van der Waals surface area contributed by atoms with Gasteiger partial charge in [-0.05, 0) is 57.1 Å². The minimum absolute atomic E-state index is 0.246. The van der Waals surface area contributed by atoms with E-state index in [1.54, 1.807) is 6.92 Å². The Kier molecular flexibility index (Phi) is 3.76. The minimum atomic E-state index is -0.246. The Balaban J connectivity index is 1.68. The van der Waals surface area contributed by atoms with Gasteiger partial charge in [0.05, 0.1) is 17.3 Å². The predicted molar refractivity (Wildman–Crippen MR) is 80.7 cm³/mol. The van der Waals surface area contributed by atoms with Crippen molar-refractivity contribution in [2.45, 2.75) is 71.3 Å². The SMILES string of the molecule is CC(=O)CCCC1CCC2=C(CCC3(C)C(=O)CC=C23)O1. The molecule has 3 aliphatic rings. The van der Waals surface area contributed by atoms with Crippen LogP contribution in [0, 0.1) is 5.41 Å². The summed E-state index contributed by atoms with van der Waals surface area (Å²) in [6.45, 7) is 3.74. The Hall–Kier alpha value is -1.38. The maximum atomic E-state index is 12.1. The fourth-order valence-electron chi connectivity index (χ4n) is 3.94. The topological polar surface area (TPSA) is 43.4 Å². The molecule has 3 heteroatoms. The molecule has 0 saturated heterocycles. The largest absolute Gasteiger partial charge is 0.494 e. The van der Waals surface area contributed by atoms with Gasteiger partial charge in [0, 0.05) is 19.3 Å². The number of carbonyl (C=O) groups is 2. The van der Waals surface area contributed by atoms with Crippen LogP contribution in [0.15, 0.2) is 23.0 Å². The van der Waals surface area contributed by atoms with E-state index in [2.05, 4.69) is 13.0 Å². The number of hydrogen-bond donors (Lipinski definition) is 0. The van der Waals surface area contributed by atoms with E-state index in [1.807, 2.05) is 0 Å². The normalized spacial score (nSPS) is 31.4. The highest BCUT2D eigenvalue weighted by Crippen LogP contribution is 2.51. The summed E-state index contributed by atoms with van der Waals surface area (Å²) in [4.78, 5) is 23.1. The molecule has 0 aromatic carbocycles. The maximum absolute atomic E-state index is 12.1. The standard InChI is InChI=1S/C18H24O3/c1-12(19)4-3-5-13-6-7-14-15-8-9-17(20)18(15,2)11-10-16(14)21-13/h8,13H,3-7,9-11H2,1-2H3. The quantitative estimate of drug-likeness (QED) is 0.788. The zero-order valence-corrected chi connectivity index (χ0v) is 13.0. The molecule has 2 unspecified atom stereocenters. The van der Waals surface area contributed by atoms with Crippen LogP contribution < -0.4 is 0 Å². The number of carbonyl (C=O) groups excluding carboxylic acids is 2. The Labute approximate surface area is 126 Å². The summed E-state index contributed by atoms with van der Waals surface area (Å²) < 4.78 is 6.18. The lowest BCUT2D eigenvalue weighted by atomic mass is 9.70. The molecule has 0 spiro atoms. The van der Waals surface area contributed by atoms with Crippen molar-refractivity contribution in [2.24, 2.45) is 5.41 Å². The minimum Gasteiger partial charge on any atom is -0.494 e. The average molecular weight is 288 g/mol.